The van der Waals surface area contributed by atoms with Gasteiger partial charge < -0.3 is 21.4 Å². The summed E-state index contributed by atoms with van der Waals surface area (Å²) in [5, 5.41) is 25.3. The molecular formula is C13H12ClN5O5S. The molecule has 10 nitrogen and oxygen atoms in total. The number of nitrogen functional groups attached to an aromatic ring is 1. The summed E-state index contributed by atoms with van der Waals surface area (Å²) in [6.45, 7) is 0. The van der Waals surface area contributed by atoms with Crippen LogP contribution >= 0.6 is 22.9 Å². The number of carbonyl (C=O) groups excluding carboxylic acids is 2. The van der Waals surface area contributed by atoms with E-state index in [1.54, 1.807) is 0 Å². The molecule has 0 aromatic carbocycles. The lowest BCUT2D eigenvalue weighted by Gasteiger charge is -2.49. The Labute approximate surface area is 149 Å². The highest BCUT2D eigenvalue weighted by Crippen LogP contribution is 2.38. The average Bonchev–Trinajstić information content (AvgIpc) is 2.98. The number of hydrogen-bond donors (Lipinski definition) is 4. The van der Waals surface area contributed by atoms with Gasteiger partial charge >= 0.3 is 5.97 Å². The van der Waals surface area contributed by atoms with Crippen LogP contribution in [0.3, 0.4) is 0 Å². The fraction of sp³-hybridized carbons (Fsp3) is 0.308. The van der Waals surface area contributed by atoms with Crippen molar-refractivity contribution in [1.29, 1.82) is 0 Å². The third-order valence-electron chi connectivity index (χ3n) is 3.95. The number of carboxylic acids is 1. The third kappa shape index (κ3) is 2.81. The van der Waals surface area contributed by atoms with Gasteiger partial charge in [-0.25, -0.2) is 9.78 Å². The lowest BCUT2D eigenvalue weighted by atomic mass is 9.86. The number of fused-ring (bicyclic) bond motifs is 1. The van der Waals surface area contributed by atoms with Crippen LogP contribution in [0.1, 0.15) is 18.5 Å². The minimum absolute atomic E-state index is 0.0731. The van der Waals surface area contributed by atoms with Gasteiger partial charge in [0.2, 0.25) is 0 Å². The van der Waals surface area contributed by atoms with Gasteiger partial charge in [0, 0.05) is 10.4 Å². The van der Waals surface area contributed by atoms with Crippen molar-refractivity contribution < 1.29 is 24.7 Å². The summed E-state index contributed by atoms with van der Waals surface area (Å²) >= 11 is 6.95. The summed E-state index contributed by atoms with van der Waals surface area (Å²) in [4.78, 5) is 40.7. The zero-order chi connectivity index (χ0) is 18.3. The van der Waals surface area contributed by atoms with E-state index < -0.39 is 29.9 Å². The number of allylic oxidation sites excluding steroid dienone is 1. The lowest BCUT2D eigenvalue weighted by molar-refractivity contribution is -0.155. The highest BCUT2D eigenvalue weighted by Gasteiger charge is 2.53. The molecule has 132 valence electrons. The van der Waals surface area contributed by atoms with Crippen LogP contribution in [0.5, 0.6) is 0 Å². The zero-order valence-corrected chi connectivity index (χ0v) is 14.0. The number of rotatable bonds is 4. The number of nitrogens with two attached hydrogens (primary N) is 1. The Kier molecular flexibility index (Phi) is 4.35. The summed E-state index contributed by atoms with van der Waals surface area (Å²) in [6, 6.07) is -1.45. The van der Waals surface area contributed by atoms with E-state index in [1.165, 1.54) is 5.38 Å². The highest BCUT2D eigenvalue weighted by molar-refractivity contribution is 7.13. The molecule has 0 aliphatic carbocycles. The fourth-order valence-corrected chi connectivity index (χ4v) is 3.66. The quantitative estimate of drug-likeness (QED) is 0.244. The minimum atomic E-state index is -1.30. The molecule has 12 heteroatoms. The average molecular weight is 386 g/mol. The van der Waals surface area contributed by atoms with Crippen LogP contribution < -0.4 is 11.1 Å². The Hall–Kier alpha value is -2.66. The zero-order valence-electron chi connectivity index (χ0n) is 12.5. The molecule has 1 aromatic heterocycles. The normalized spacial score (nSPS) is 23.2. The number of nitrogens with zero attached hydrogens (tertiary/aromatic N) is 3. The Bertz CT molecular complexity index is 835. The second-order valence-corrected chi connectivity index (χ2v) is 6.69. The van der Waals surface area contributed by atoms with Gasteiger partial charge in [-0.15, -0.1) is 11.3 Å². The number of β-lactam (4-membered cyclic amide) rings is 1. The summed E-state index contributed by atoms with van der Waals surface area (Å²) in [5.41, 5.74) is 4.90. The number of amides is 2. The maximum absolute atomic E-state index is 12.3. The lowest BCUT2D eigenvalue weighted by Crippen LogP contribution is -2.72. The number of carboxylic acid groups (broad SMARTS) is 1. The molecule has 0 radical (unpaired) electrons. The second kappa shape index (κ2) is 6.33. The van der Waals surface area contributed by atoms with Crippen LogP contribution in [-0.4, -0.2) is 55.8 Å². The molecular weight excluding hydrogens is 374 g/mol. The molecule has 1 fully saturated rings. The van der Waals surface area contributed by atoms with Crippen LogP contribution in [0.15, 0.2) is 21.3 Å². The first-order valence-electron chi connectivity index (χ1n) is 7.04. The van der Waals surface area contributed by atoms with Crippen molar-refractivity contribution in [3.8, 4) is 0 Å². The number of aromatic nitrogens is 1. The van der Waals surface area contributed by atoms with E-state index >= 15 is 0 Å². The predicted molar refractivity (Wildman–Crippen MR) is 87.2 cm³/mol. The molecule has 0 saturated carbocycles. The molecule has 5 N–H and O–H groups in total. The minimum Gasteiger partial charge on any atom is -0.477 e. The first kappa shape index (κ1) is 17.2. The molecule has 3 rings (SSSR count). The van der Waals surface area contributed by atoms with Crippen molar-refractivity contribution in [2.45, 2.75) is 24.9 Å². The van der Waals surface area contributed by atoms with Crippen molar-refractivity contribution in [3.05, 3.63) is 21.8 Å². The maximum atomic E-state index is 12.3. The van der Waals surface area contributed by atoms with Crippen molar-refractivity contribution in [3.63, 3.8) is 0 Å². The molecule has 2 atom stereocenters. The number of aliphatic carboxylic acids is 1. The molecule has 2 amide bonds. The number of anilines is 1. The van der Waals surface area contributed by atoms with E-state index in [0.29, 0.717) is 6.42 Å². The van der Waals surface area contributed by atoms with Crippen LogP contribution in [0.2, 0.25) is 0 Å². The van der Waals surface area contributed by atoms with E-state index in [9.17, 15) is 19.5 Å². The van der Waals surface area contributed by atoms with Gasteiger partial charge in [-0.3, -0.25) is 14.5 Å². The van der Waals surface area contributed by atoms with E-state index in [0.717, 1.165) is 16.2 Å². The summed E-state index contributed by atoms with van der Waals surface area (Å²) < 4.78 is 0. The Morgan fingerprint density at radius 3 is 2.80 bits per heavy atom. The van der Waals surface area contributed by atoms with Gasteiger partial charge in [0.1, 0.15) is 17.4 Å². The number of carbonyl (C=O) groups is 3. The number of halogens is 1. The summed E-state index contributed by atoms with van der Waals surface area (Å²) in [6.07, 6.45) is 0.690. The van der Waals surface area contributed by atoms with Gasteiger partial charge in [0.25, 0.3) is 11.8 Å². The van der Waals surface area contributed by atoms with Crippen molar-refractivity contribution in [2.24, 2.45) is 5.16 Å². The number of nitrogens with one attached hydrogen (secondary N) is 1. The fourth-order valence-electron chi connectivity index (χ4n) is 2.84. The number of thiazole rings is 1. The van der Waals surface area contributed by atoms with Crippen LogP contribution in [0, 0.1) is 0 Å². The van der Waals surface area contributed by atoms with Crippen LogP contribution in [0.4, 0.5) is 5.13 Å². The summed E-state index contributed by atoms with van der Waals surface area (Å²) in [7, 11) is 0. The number of hydrogen-bond acceptors (Lipinski definition) is 8. The maximum Gasteiger partial charge on any atom is 0.353 e. The SMILES string of the molecule is Nc1nc(/C(=N/O)C(=O)NC2C(=O)N3C(C(=O)O)=C(Cl)CCC23)cs1. The van der Waals surface area contributed by atoms with Gasteiger partial charge in [-0.05, 0) is 12.8 Å². The molecule has 1 aromatic rings. The molecule has 0 bridgehead atoms. The van der Waals surface area contributed by atoms with Gasteiger partial charge in [-0.1, -0.05) is 16.8 Å². The second-order valence-electron chi connectivity index (χ2n) is 5.34. The van der Waals surface area contributed by atoms with E-state index in [2.05, 4.69) is 15.5 Å². The van der Waals surface area contributed by atoms with Crippen LogP contribution in [-0.2, 0) is 14.4 Å². The van der Waals surface area contributed by atoms with E-state index in [4.69, 9.17) is 22.5 Å². The first-order valence-corrected chi connectivity index (χ1v) is 8.30. The third-order valence-corrected chi connectivity index (χ3v) is 4.99. The highest BCUT2D eigenvalue weighted by atomic mass is 35.5. The standard InChI is InChI=1S/C13H12ClN5O5S/c14-4-1-2-6-8(11(21)19(6)9(4)12(22)23)17-10(20)7(18-24)5-3-25-13(15)16-5/h3,6,8,24H,1-2H2,(H2,15,16)(H,17,20)(H,22,23)/b18-7-. The van der Waals surface area contributed by atoms with Gasteiger partial charge in [0.15, 0.2) is 10.8 Å². The van der Waals surface area contributed by atoms with Gasteiger partial charge in [-0.2, -0.15) is 0 Å². The smallest absolute Gasteiger partial charge is 0.353 e. The topological polar surface area (TPSA) is 158 Å². The molecule has 25 heavy (non-hydrogen) atoms. The molecule has 3 heterocycles. The predicted octanol–water partition coefficient (Wildman–Crippen LogP) is -0.0720. The Balaban J connectivity index is 1.76. The Morgan fingerprint density at radius 1 is 1.52 bits per heavy atom. The van der Waals surface area contributed by atoms with Crippen molar-refractivity contribution in [1.82, 2.24) is 15.2 Å². The molecule has 2 aliphatic rings. The van der Waals surface area contributed by atoms with Crippen LogP contribution in [0.25, 0.3) is 0 Å². The van der Waals surface area contributed by atoms with Gasteiger partial charge in [0.05, 0.1) is 6.04 Å². The molecule has 1 saturated heterocycles. The van der Waals surface area contributed by atoms with E-state index in [1.807, 2.05) is 0 Å². The molecule has 2 aliphatic heterocycles. The molecule has 2 unspecified atom stereocenters. The van der Waals surface area contributed by atoms with Crippen molar-refractivity contribution >= 4 is 51.6 Å². The number of oxime groups is 1. The van der Waals surface area contributed by atoms with Crippen molar-refractivity contribution in [2.75, 3.05) is 5.73 Å². The largest absolute Gasteiger partial charge is 0.477 e. The first-order chi connectivity index (χ1) is 11.8. The molecule has 0 spiro atoms. The Morgan fingerprint density at radius 2 is 2.24 bits per heavy atom. The monoisotopic (exact) mass is 385 g/mol. The summed E-state index contributed by atoms with van der Waals surface area (Å²) in [5.74, 6) is -2.71. The van der Waals surface area contributed by atoms with E-state index in [-0.39, 0.29) is 33.7 Å².